The minimum atomic E-state index is -4.53. The Balaban J connectivity index is 1.91. The van der Waals surface area contributed by atoms with E-state index in [1.807, 2.05) is 0 Å². The molecule has 0 fully saturated rings. The van der Waals surface area contributed by atoms with E-state index in [9.17, 15) is 23.1 Å². The van der Waals surface area contributed by atoms with E-state index in [1.54, 1.807) is 39.1 Å². The number of fused-ring (bicyclic) bond motifs is 1. The average molecular weight is 460 g/mol. The summed E-state index contributed by atoms with van der Waals surface area (Å²) < 4.78 is 44.7. The summed E-state index contributed by atoms with van der Waals surface area (Å²) in [5.41, 5.74) is 0.602. The summed E-state index contributed by atoms with van der Waals surface area (Å²) in [6, 6.07) is 4.61. The van der Waals surface area contributed by atoms with Gasteiger partial charge in [0.15, 0.2) is 12.4 Å². The molecule has 31 heavy (non-hydrogen) atoms. The average Bonchev–Trinajstić information content (AvgIpc) is 2.89. The van der Waals surface area contributed by atoms with Gasteiger partial charge in [-0.3, -0.25) is 9.13 Å². The van der Waals surface area contributed by atoms with Crippen molar-refractivity contribution >= 4 is 34.1 Å². The zero-order valence-corrected chi connectivity index (χ0v) is 17.8. The Morgan fingerprint density at radius 2 is 1.97 bits per heavy atom. The summed E-state index contributed by atoms with van der Waals surface area (Å²) in [6.07, 6.45) is -3.04. The number of alkyl halides is 3. The SMILES string of the molecule is Cn1c(=O)n(CCC(C)(C)O)c2cc(Nc3nc(OCC(F)(F)F)ncc3Cl)ccc21. The van der Waals surface area contributed by atoms with E-state index < -0.39 is 24.4 Å². The Bertz CT molecular complexity index is 1150. The zero-order chi connectivity index (χ0) is 23.0. The highest BCUT2D eigenvalue weighted by atomic mass is 35.5. The van der Waals surface area contributed by atoms with Crippen LogP contribution in [0.15, 0.2) is 29.2 Å². The van der Waals surface area contributed by atoms with Gasteiger partial charge in [-0.25, -0.2) is 9.78 Å². The Kier molecular flexibility index (Phi) is 6.19. The van der Waals surface area contributed by atoms with Crippen LogP contribution in [0.2, 0.25) is 5.02 Å². The van der Waals surface area contributed by atoms with Crippen LogP contribution in [0.4, 0.5) is 24.7 Å². The molecule has 0 spiro atoms. The van der Waals surface area contributed by atoms with E-state index in [0.717, 1.165) is 6.20 Å². The number of benzene rings is 1. The fourth-order valence-electron chi connectivity index (χ4n) is 2.88. The lowest BCUT2D eigenvalue weighted by Gasteiger charge is -2.17. The first-order chi connectivity index (χ1) is 14.3. The minimum absolute atomic E-state index is 0.0505. The van der Waals surface area contributed by atoms with Crippen molar-refractivity contribution in [1.29, 1.82) is 0 Å². The first-order valence-electron chi connectivity index (χ1n) is 9.25. The molecule has 0 aliphatic carbocycles. The van der Waals surface area contributed by atoms with E-state index in [4.69, 9.17) is 11.6 Å². The maximum Gasteiger partial charge on any atom is 0.422 e. The molecule has 12 heteroatoms. The van der Waals surface area contributed by atoms with Gasteiger partial charge >= 0.3 is 17.9 Å². The van der Waals surface area contributed by atoms with Gasteiger partial charge in [-0.1, -0.05) is 11.6 Å². The maximum absolute atomic E-state index is 12.6. The third kappa shape index (κ3) is 5.67. The number of nitrogens with one attached hydrogen (secondary N) is 1. The quantitative estimate of drug-likeness (QED) is 0.560. The van der Waals surface area contributed by atoms with Crippen molar-refractivity contribution in [2.24, 2.45) is 7.05 Å². The Labute approximate surface area is 180 Å². The summed E-state index contributed by atoms with van der Waals surface area (Å²) in [5.74, 6) is 0.0505. The first-order valence-corrected chi connectivity index (χ1v) is 9.63. The number of halogens is 4. The molecule has 0 atom stereocenters. The Morgan fingerprint density at radius 1 is 1.26 bits per heavy atom. The van der Waals surface area contributed by atoms with Gasteiger partial charge < -0.3 is 15.2 Å². The molecule has 2 aromatic heterocycles. The van der Waals surface area contributed by atoms with Gasteiger partial charge in [-0.05, 0) is 38.5 Å². The van der Waals surface area contributed by atoms with Gasteiger partial charge in [-0.2, -0.15) is 18.2 Å². The van der Waals surface area contributed by atoms with Gasteiger partial charge in [-0.15, -0.1) is 0 Å². The summed E-state index contributed by atoms with van der Waals surface area (Å²) in [4.78, 5) is 20.1. The zero-order valence-electron chi connectivity index (χ0n) is 17.0. The molecule has 0 unspecified atom stereocenters. The van der Waals surface area contributed by atoms with Gasteiger partial charge in [0.2, 0.25) is 0 Å². The van der Waals surface area contributed by atoms with Crippen molar-refractivity contribution in [3.63, 3.8) is 0 Å². The molecule has 3 rings (SSSR count). The number of ether oxygens (including phenoxy) is 1. The minimum Gasteiger partial charge on any atom is -0.454 e. The molecule has 168 valence electrons. The molecule has 0 saturated heterocycles. The highest BCUT2D eigenvalue weighted by Crippen LogP contribution is 2.27. The number of hydrogen-bond acceptors (Lipinski definition) is 6. The van der Waals surface area contributed by atoms with E-state index in [0.29, 0.717) is 29.7 Å². The van der Waals surface area contributed by atoms with Crippen LogP contribution in [0.25, 0.3) is 11.0 Å². The Morgan fingerprint density at radius 3 is 2.61 bits per heavy atom. The van der Waals surface area contributed by atoms with Crippen LogP contribution in [-0.2, 0) is 13.6 Å². The standard InChI is InChI=1S/C19H21ClF3N5O3/c1-18(2,30)6-7-28-14-8-11(4-5-13(14)27(3)17(28)29)25-15-12(20)9-24-16(26-15)31-10-19(21,22)23/h4-5,8-9,30H,6-7,10H2,1-3H3,(H,24,25,26). The molecule has 3 aromatic rings. The highest BCUT2D eigenvalue weighted by Gasteiger charge is 2.29. The summed E-state index contributed by atoms with van der Waals surface area (Å²) in [6.45, 7) is 2.09. The van der Waals surface area contributed by atoms with Gasteiger partial charge in [0.05, 0.1) is 22.8 Å². The van der Waals surface area contributed by atoms with Crippen LogP contribution in [0.5, 0.6) is 6.01 Å². The topological polar surface area (TPSA) is 94.2 Å². The third-order valence-corrected chi connectivity index (χ3v) is 4.72. The fraction of sp³-hybridized carbons (Fsp3) is 0.421. The normalized spacial score (nSPS) is 12.4. The van der Waals surface area contributed by atoms with E-state index in [2.05, 4.69) is 20.0 Å². The summed E-state index contributed by atoms with van der Waals surface area (Å²) in [7, 11) is 1.64. The van der Waals surface area contributed by atoms with Crippen molar-refractivity contribution < 1.29 is 23.0 Å². The van der Waals surface area contributed by atoms with Crippen LogP contribution in [0.1, 0.15) is 20.3 Å². The third-order valence-electron chi connectivity index (χ3n) is 4.44. The molecule has 2 heterocycles. The Hall–Kier alpha value is -2.79. The monoisotopic (exact) mass is 459 g/mol. The number of imidazole rings is 1. The van der Waals surface area contributed by atoms with E-state index in [-0.39, 0.29) is 16.5 Å². The molecule has 0 aliphatic rings. The molecular weight excluding hydrogens is 439 g/mol. The van der Waals surface area contributed by atoms with Gasteiger partial charge in [0, 0.05) is 19.3 Å². The molecule has 2 N–H and O–H groups in total. The number of aromatic nitrogens is 4. The molecular formula is C19H21ClF3N5O3. The number of anilines is 2. The van der Waals surface area contributed by atoms with Crippen LogP contribution >= 0.6 is 11.6 Å². The lowest BCUT2D eigenvalue weighted by Crippen LogP contribution is -2.27. The summed E-state index contributed by atoms with van der Waals surface area (Å²) >= 11 is 6.06. The molecule has 0 amide bonds. The molecule has 0 aliphatic heterocycles. The highest BCUT2D eigenvalue weighted by molar-refractivity contribution is 6.32. The number of rotatable bonds is 7. The van der Waals surface area contributed by atoms with Crippen LogP contribution in [0.3, 0.4) is 0 Å². The van der Waals surface area contributed by atoms with Crippen molar-refractivity contribution in [1.82, 2.24) is 19.1 Å². The predicted molar refractivity (Wildman–Crippen MR) is 110 cm³/mol. The molecule has 8 nitrogen and oxygen atoms in total. The second-order valence-electron chi connectivity index (χ2n) is 7.64. The van der Waals surface area contributed by atoms with Crippen molar-refractivity contribution in [3.05, 3.63) is 39.9 Å². The smallest absolute Gasteiger partial charge is 0.422 e. The lowest BCUT2D eigenvalue weighted by molar-refractivity contribution is -0.154. The maximum atomic E-state index is 12.6. The number of aliphatic hydroxyl groups is 1. The number of aryl methyl sites for hydroxylation is 2. The van der Waals surface area contributed by atoms with Crippen LogP contribution in [-0.4, -0.2) is 42.6 Å². The largest absolute Gasteiger partial charge is 0.454 e. The van der Waals surface area contributed by atoms with E-state index >= 15 is 0 Å². The van der Waals surface area contributed by atoms with E-state index in [1.165, 1.54) is 9.13 Å². The number of hydrogen-bond donors (Lipinski definition) is 2. The second-order valence-corrected chi connectivity index (χ2v) is 8.04. The molecule has 0 radical (unpaired) electrons. The van der Waals surface area contributed by atoms with Crippen molar-refractivity contribution in [2.75, 3.05) is 11.9 Å². The lowest BCUT2D eigenvalue weighted by atomic mass is 10.1. The second kappa shape index (κ2) is 8.39. The van der Waals surface area contributed by atoms with Gasteiger partial charge in [0.1, 0.15) is 5.02 Å². The number of nitrogens with zero attached hydrogens (tertiary/aromatic N) is 4. The molecule has 0 saturated carbocycles. The van der Waals surface area contributed by atoms with Crippen molar-refractivity contribution in [3.8, 4) is 6.01 Å². The predicted octanol–water partition coefficient (Wildman–Crippen LogP) is 3.63. The molecule has 1 aromatic carbocycles. The summed E-state index contributed by atoms with van der Waals surface area (Å²) in [5, 5.41) is 13.0. The van der Waals surface area contributed by atoms with Crippen LogP contribution in [0, 0.1) is 0 Å². The van der Waals surface area contributed by atoms with Crippen molar-refractivity contribution in [2.45, 2.75) is 38.6 Å². The molecule has 0 bridgehead atoms. The van der Waals surface area contributed by atoms with Crippen LogP contribution < -0.4 is 15.7 Å². The van der Waals surface area contributed by atoms with Gasteiger partial charge in [0.25, 0.3) is 0 Å². The fourth-order valence-corrected chi connectivity index (χ4v) is 3.02. The first kappa shape index (κ1) is 22.9.